The third kappa shape index (κ3) is 2.23. The molecule has 3 nitrogen and oxygen atoms in total. The van der Waals surface area contributed by atoms with E-state index in [1.165, 1.54) is 22.2 Å². The van der Waals surface area contributed by atoms with Gasteiger partial charge in [0.15, 0.2) is 0 Å². The summed E-state index contributed by atoms with van der Waals surface area (Å²) in [7, 11) is 18.1. The van der Waals surface area contributed by atoms with E-state index in [9.17, 15) is 0 Å². The number of likely N-dealkylation sites (N-methyl/N-ethyl adjacent to an activating group) is 1. The summed E-state index contributed by atoms with van der Waals surface area (Å²) in [6, 6.07) is 6.40. The first-order chi connectivity index (χ1) is 10.5. The molecule has 9 heteroatoms. The highest BCUT2D eigenvalue weighted by Gasteiger charge is 2.48. The van der Waals surface area contributed by atoms with Crippen LogP contribution < -0.4 is 4.74 Å². The maximum absolute atomic E-state index is 5.41. The van der Waals surface area contributed by atoms with Crippen molar-refractivity contribution in [3.63, 3.8) is 0 Å². The normalized spacial score (nSPS) is 22.3. The molecule has 0 bridgehead atoms. The second-order valence-electron chi connectivity index (χ2n) is 8.71. The third-order valence-corrected chi connectivity index (χ3v) is 6.42. The van der Waals surface area contributed by atoms with Gasteiger partial charge in [0.2, 0.25) is 0 Å². The Hall–Kier alpha value is -1.09. The molecule has 1 aliphatic heterocycles. The Kier molecular flexibility index (Phi) is 3.61. The van der Waals surface area contributed by atoms with Crippen molar-refractivity contribution in [2.45, 2.75) is 15.8 Å². The molecule has 0 amide bonds. The van der Waals surface area contributed by atoms with Crippen LogP contribution in [0.1, 0.15) is 11.3 Å². The first-order valence-corrected chi connectivity index (χ1v) is 8.44. The van der Waals surface area contributed by atoms with E-state index in [-0.39, 0.29) is 15.8 Å². The summed E-state index contributed by atoms with van der Waals surface area (Å²) < 4.78 is 5.41. The Balaban J connectivity index is 2.39. The highest BCUT2D eigenvalue weighted by Crippen LogP contribution is 2.43. The zero-order chi connectivity index (χ0) is 17.2. The van der Waals surface area contributed by atoms with Crippen molar-refractivity contribution < 1.29 is 4.74 Å². The summed E-state index contributed by atoms with van der Waals surface area (Å²) in [6.45, 7) is 1.03. The molecule has 2 aromatic rings. The first kappa shape index (κ1) is 16.8. The zero-order valence-electron chi connectivity index (χ0n) is 15.8. The summed E-state index contributed by atoms with van der Waals surface area (Å²) in [6.07, 6.45) is 0. The number of methoxy groups -OCH3 is 1. The van der Waals surface area contributed by atoms with Gasteiger partial charge in [-0.2, -0.15) is 0 Å². The number of hydrogen-bond donors (Lipinski definition) is 1. The van der Waals surface area contributed by atoms with E-state index in [2.05, 4.69) is 82.2 Å². The highest BCUT2D eigenvalue weighted by atomic mass is 16.5. The van der Waals surface area contributed by atoms with E-state index in [0.29, 0.717) is 0 Å². The van der Waals surface area contributed by atoms with E-state index >= 15 is 0 Å². The van der Waals surface area contributed by atoms with Crippen molar-refractivity contribution in [1.29, 1.82) is 0 Å². The van der Waals surface area contributed by atoms with Gasteiger partial charge in [0.05, 0.1) is 7.11 Å². The quantitative estimate of drug-likeness (QED) is 0.542. The average molecular weight is 301 g/mol. The van der Waals surface area contributed by atoms with Gasteiger partial charge >= 0.3 is 0 Å². The Morgan fingerprint density at radius 2 is 1.78 bits per heavy atom. The fraction of sp³-hybridized carbons (Fsp3) is 0.429. The molecule has 0 spiro atoms. The van der Waals surface area contributed by atoms with Crippen molar-refractivity contribution in [2.75, 3.05) is 20.7 Å². The molecule has 2 heterocycles. The number of rotatable bonds is 1. The second kappa shape index (κ2) is 4.95. The number of nitrogens with zero attached hydrogens (tertiary/aromatic N) is 1. The molecule has 0 unspecified atom stereocenters. The molecule has 1 N–H and O–H groups in total. The van der Waals surface area contributed by atoms with E-state index in [1.54, 1.807) is 7.11 Å². The molecule has 0 saturated carbocycles. The van der Waals surface area contributed by atoms with Crippen LogP contribution in [-0.4, -0.2) is 83.0 Å². The molecule has 0 aliphatic carbocycles. The predicted molar refractivity (Wildman–Crippen MR) is 115 cm³/mol. The molecule has 114 valence electrons. The van der Waals surface area contributed by atoms with Gasteiger partial charge in [-0.3, -0.25) is 0 Å². The summed E-state index contributed by atoms with van der Waals surface area (Å²) in [5.74, 6) is 0.904. The molecule has 1 aromatic heterocycles. The maximum Gasteiger partial charge on any atom is 0.120 e. The summed E-state index contributed by atoms with van der Waals surface area (Å²) in [5, 5.41) is 1.48. The highest BCUT2D eigenvalue weighted by molar-refractivity contribution is 6.55. The van der Waals surface area contributed by atoms with Crippen LogP contribution in [0.4, 0.5) is 0 Å². The number of aromatic amines is 1. The molecule has 1 aliphatic rings. The molecule has 23 heavy (non-hydrogen) atoms. The number of aromatic nitrogens is 1. The lowest BCUT2D eigenvalue weighted by atomic mass is 9.31. The number of hydrogen-bond acceptors (Lipinski definition) is 2. The van der Waals surface area contributed by atoms with Crippen LogP contribution in [0.15, 0.2) is 18.2 Å². The largest absolute Gasteiger partial charge is 0.497 e. The third-order valence-electron chi connectivity index (χ3n) is 6.42. The Morgan fingerprint density at radius 3 is 2.39 bits per heavy atom. The number of benzene rings is 1. The van der Waals surface area contributed by atoms with Gasteiger partial charge in [0.25, 0.3) is 0 Å². The lowest BCUT2D eigenvalue weighted by Gasteiger charge is -2.48. The van der Waals surface area contributed by atoms with Crippen molar-refractivity contribution >= 4 is 58.0 Å². The number of nitrogens with one attached hydrogen (secondary N) is 1. The maximum atomic E-state index is 5.41. The Labute approximate surface area is 144 Å². The van der Waals surface area contributed by atoms with Crippen LogP contribution >= 0.6 is 0 Å². The minimum Gasteiger partial charge on any atom is -0.497 e. The number of fused-ring (bicyclic) bond motifs is 3. The van der Waals surface area contributed by atoms with Gasteiger partial charge in [0.1, 0.15) is 52.8 Å². The molecule has 0 fully saturated rings. The Morgan fingerprint density at radius 1 is 1.13 bits per heavy atom. The smallest absolute Gasteiger partial charge is 0.120 e. The number of ether oxygens (including phenoxy) is 1. The van der Waals surface area contributed by atoms with Gasteiger partial charge in [-0.1, -0.05) is 5.21 Å². The topological polar surface area (TPSA) is 28.3 Å². The van der Waals surface area contributed by atoms with Crippen molar-refractivity contribution in [1.82, 2.24) is 9.88 Å². The van der Waals surface area contributed by atoms with E-state index in [1.807, 2.05) is 0 Å². The predicted octanol–water partition coefficient (Wildman–Crippen LogP) is -4.12. The molecule has 3 rings (SSSR count). The lowest BCUT2D eigenvalue weighted by Crippen LogP contribution is -2.63. The van der Waals surface area contributed by atoms with Gasteiger partial charge < -0.3 is 14.6 Å². The fourth-order valence-electron chi connectivity index (χ4n) is 4.11. The SMILES string of the molecule is BC1(B)CN(C)C(B)(B)C(B)(B)c2c1[nH]c1cc(OC)ccc21. The summed E-state index contributed by atoms with van der Waals surface area (Å²) in [5.41, 5.74) is 3.99. The molecule has 0 saturated heterocycles. The van der Waals surface area contributed by atoms with E-state index in [4.69, 9.17) is 4.74 Å². The van der Waals surface area contributed by atoms with Crippen LogP contribution in [0, 0.1) is 0 Å². The van der Waals surface area contributed by atoms with Crippen molar-refractivity contribution in [3.8, 4) is 5.75 Å². The van der Waals surface area contributed by atoms with Crippen LogP contribution in [0.2, 0.25) is 0 Å². The average Bonchev–Trinajstić information content (AvgIpc) is 2.84. The standard InChI is InChI=1S/C14H24B6N2O/c1-22-6-12(15,16)11-10(13(17,18)14(22,19)20)8-4-3-7(23-2)5-9(8)21-11/h3-5,21H,6,15-20H2,1-2H3. The van der Waals surface area contributed by atoms with Crippen LogP contribution in [0.3, 0.4) is 0 Å². The molecule has 1 aromatic carbocycles. The minimum atomic E-state index is 0.0255. The van der Waals surface area contributed by atoms with Crippen molar-refractivity contribution in [2.24, 2.45) is 0 Å². The molecule has 0 atom stereocenters. The van der Waals surface area contributed by atoms with Gasteiger partial charge in [-0.25, -0.2) is 0 Å². The van der Waals surface area contributed by atoms with Crippen LogP contribution in [-0.2, 0) is 10.4 Å². The summed E-state index contributed by atoms with van der Waals surface area (Å²) >= 11 is 0. The van der Waals surface area contributed by atoms with Crippen LogP contribution in [0.5, 0.6) is 5.75 Å². The minimum absolute atomic E-state index is 0.0255. The van der Waals surface area contributed by atoms with E-state index < -0.39 is 0 Å². The first-order valence-electron chi connectivity index (χ1n) is 8.44. The monoisotopic (exact) mass is 302 g/mol. The van der Waals surface area contributed by atoms with Gasteiger partial charge in [-0.15, -0.1) is 0 Å². The van der Waals surface area contributed by atoms with Gasteiger partial charge in [0, 0.05) is 22.7 Å². The molecular weight excluding hydrogens is 277 g/mol. The van der Waals surface area contributed by atoms with Crippen molar-refractivity contribution in [3.05, 3.63) is 29.5 Å². The Bertz CT molecular complexity index is 770. The molecular formula is C14H24B6N2O. The number of H-pyrrole nitrogens is 1. The fourth-order valence-corrected chi connectivity index (χ4v) is 4.11. The summed E-state index contributed by atoms with van der Waals surface area (Å²) in [4.78, 5) is 6.24. The van der Waals surface area contributed by atoms with Crippen LogP contribution in [0.25, 0.3) is 10.9 Å². The van der Waals surface area contributed by atoms with E-state index in [0.717, 1.165) is 12.3 Å². The molecule has 0 radical (unpaired) electrons. The second-order valence-corrected chi connectivity index (χ2v) is 8.71. The van der Waals surface area contributed by atoms with Gasteiger partial charge in [-0.05, 0) is 41.8 Å². The zero-order valence-corrected chi connectivity index (χ0v) is 15.8. The lowest BCUT2D eigenvalue weighted by molar-refractivity contribution is 0.257.